The van der Waals surface area contributed by atoms with Crippen molar-refractivity contribution in [3.63, 3.8) is 0 Å². The van der Waals surface area contributed by atoms with Gasteiger partial charge in [-0.05, 0) is 42.7 Å². The Kier molecular flexibility index (Phi) is 3.43. The van der Waals surface area contributed by atoms with Gasteiger partial charge in [0.05, 0.1) is 6.54 Å². The Bertz CT molecular complexity index is 587. The Labute approximate surface area is 120 Å². The Hall–Kier alpha value is -0.850. The van der Waals surface area contributed by atoms with Crippen molar-refractivity contribution in [1.82, 2.24) is 10.0 Å². The zero-order valence-electron chi connectivity index (χ0n) is 12.0. The van der Waals surface area contributed by atoms with E-state index in [0.717, 1.165) is 6.42 Å². The van der Waals surface area contributed by atoms with E-state index in [4.69, 9.17) is 4.42 Å². The minimum Gasteiger partial charge on any atom is -0.447 e. The Morgan fingerprint density at radius 2 is 2.05 bits per heavy atom. The fourth-order valence-corrected chi connectivity index (χ4v) is 3.36. The van der Waals surface area contributed by atoms with Crippen LogP contribution >= 0.6 is 0 Å². The summed E-state index contributed by atoms with van der Waals surface area (Å²) >= 11 is 0. The monoisotopic (exact) mass is 298 g/mol. The third-order valence-electron chi connectivity index (χ3n) is 4.28. The van der Waals surface area contributed by atoms with Crippen LogP contribution in [0.2, 0.25) is 0 Å². The van der Waals surface area contributed by atoms with Crippen LogP contribution in [0.15, 0.2) is 21.6 Å². The average Bonchev–Trinajstić information content (AvgIpc) is 3.24. The molecule has 0 amide bonds. The third-order valence-corrected chi connectivity index (χ3v) is 5.58. The number of rotatable bonds is 7. The van der Waals surface area contributed by atoms with E-state index in [9.17, 15) is 8.42 Å². The lowest BCUT2D eigenvalue weighted by Gasteiger charge is -2.05. The third kappa shape index (κ3) is 3.24. The highest BCUT2D eigenvalue weighted by molar-refractivity contribution is 7.89. The largest absolute Gasteiger partial charge is 0.447 e. The fourth-order valence-electron chi connectivity index (χ4n) is 2.34. The van der Waals surface area contributed by atoms with Crippen molar-refractivity contribution in [2.45, 2.75) is 50.8 Å². The second kappa shape index (κ2) is 4.86. The van der Waals surface area contributed by atoms with Crippen LogP contribution in [0.25, 0.3) is 0 Å². The smallest absolute Gasteiger partial charge is 0.273 e. The number of furan rings is 1. The molecule has 0 bridgehead atoms. The van der Waals surface area contributed by atoms with Crippen LogP contribution in [0.1, 0.15) is 38.9 Å². The topological polar surface area (TPSA) is 71.3 Å². The minimum atomic E-state index is -3.51. The lowest BCUT2D eigenvalue weighted by Crippen LogP contribution is -2.26. The summed E-state index contributed by atoms with van der Waals surface area (Å²) < 4.78 is 32.3. The maximum atomic E-state index is 12.1. The Morgan fingerprint density at radius 3 is 2.65 bits per heavy atom. The van der Waals surface area contributed by atoms with Gasteiger partial charge in [0.15, 0.2) is 0 Å². The zero-order chi connectivity index (χ0) is 14.4. The van der Waals surface area contributed by atoms with E-state index in [2.05, 4.69) is 23.9 Å². The van der Waals surface area contributed by atoms with Crippen molar-refractivity contribution in [1.29, 1.82) is 0 Å². The van der Waals surface area contributed by atoms with Gasteiger partial charge in [0.1, 0.15) is 5.76 Å². The second-order valence-electron chi connectivity index (χ2n) is 6.62. The lowest BCUT2D eigenvalue weighted by molar-refractivity contribution is 0.398. The van der Waals surface area contributed by atoms with E-state index in [0.29, 0.717) is 30.8 Å². The first-order valence-corrected chi connectivity index (χ1v) is 8.67. The number of nitrogens with one attached hydrogen (secondary N) is 2. The summed E-state index contributed by atoms with van der Waals surface area (Å²) in [6.45, 7) is 5.39. The van der Waals surface area contributed by atoms with Gasteiger partial charge in [0.2, 0.25) is 5.09 Å². The second-order valence-corrected chi connectivity index (χ2v) is 8.32. The highest BCUT2D eigenvalue weighted by atomic mass is 32.2. The summed E-state index contributed by atoms with van der Waals surface area (Å²) in [6.07, 6.45) is 3.47. The van der Waals surface area contributed by atoms with Crippen LogP contribution in [0, 0.1) is 11.3 Å². The lowest BCUT2D eigenvalue weighted by atomic mass is 10.1. The maximum absolute atomic E-state index is 12.1. The van der Waals surface area contributed by atoms with Gasteiger partial charge >= 0.3 is 0 Å². The molecule has 5 nitrogen and oxygen atoms in total. The summed E-state index contributed by atoms with van der Waals surface area (Å²) in [5.74, 6) is 1.10. The molecule has 1 aromatic rings. The number of hydrogen-bond acceptors (Lipinski definition) is 4. The molecule has 3 rings (SSSR count). The van der Waals surface area contributed by atoms with E-state index in [1.165, 1.54) is 18.9 Å². The molecule has 0 spiro atoms. The van der Waals surface area contributed by atoms with Crippen molar-refractivity contribution < 1.29 is 12.8 Å². The Balaban J connectivity index is 1.56. The molecule has 1 unspecified atom stereocenters. The molecular formula is C14H22N2O3S. The average molecular weight is 298 g/mol. The van der Waals surface area contributed by atoms with Crippen LogP contribution in [0.3, 0.4) is 0 Å². The van der Waals surface area contributed by atoms with Crippen molar-refractivity contribution in [3.8, 4) is 0 Å². The summed E-state index contributed by atoms with van der Waals surface area (Å²) in [5.41, 5.74) is 0.269. The highest BCUT2D eigenvalue weighted by Gasteiger charge is 2.45. The van der Waals surface area contributed by atoms with Crippen molar-refractivity contribution in [2.24, 2.45) is 11.3 Å². The maximum Gasteiger partial charge on any atom is 0.273 e. The molecule has 20 heavy (non-hydrogen) atoms. The van der Waals surface area contributed by atoms with Gasteiger partial charge in [0, 0.05) is 12.6 Å². The summed E-state index contributed by atoms with van der Waals surface area (Å²) in [4.78, 5) is 0. The van der Waals surface area contributed by atoms with Gasteiger partial charge in [0.25, 0.3) is 10.0 Å². The first-order valence-electron chi connectivity index (χ1n) is 7.19. The summed E-state index contributed by atoms with van der Waals surface area (Å²) in [7, 11) is -3.51. The first kappa shape index (κ1) is 14.1. The van der Waals surface area contributed by atoms with Crippen molar-refractivity contribution in [3.05, 3.63) is 17.9 Å². The van der Waals surface area contributed by atoms with E-state index in [-0.39, 0.29) is 10.5 Å². The molecule has 2 fully saturated rings. The predicted molar refractivity (Wildman–Crippen MR) is 75.6 cm³/mol. The van der Waals surface area contributed by atoms with Crippen molar-refractivity contribution in [2.75, 3.05) is 6.54 Å². The molecule has 0 radical (unpaired) electrons. The molecule has 112 valence electrons. The first-order chi connectivity index (χ1) is 9.37. The van der Waals surface area contributed by atoms with Gasteiger partial charge in [-0.25, -0.2) is 13.1 Å². The zero-order valence-corrected chi connectivity index (χ0v) is 12.8. The van der Waals surface area contributed by atoms with Crippen LogP contribution in [0.4, 0.5) is 0 Å². The molecule has 1 heterocycles. The molecule has 1 atom stereocenters. The SMILES string of the molecule is CC1(C)CC1CNS(=O)(=O)c1ccc(CNC2CC2)o1. The molecule has 0 aromatic carbocycles. The fraction of sp³-hybridized carbons (Fsp3) is 0.714. The molecule has 0 saturated heterocycles. The standard InChI is InChI=1S/C14H22N2O3S/c1-14(2)7-10(14)8-16-20(17,18)13-6-5-12(19-13)9-15-11-3-4-11/h5-6,10-11,15-16H,3-4,7-9H2,1-2H3. The van der Waals surface area contributed by atoms with Gasteiger partial charge < -0.3 is 9.73 Å². The quantitative estimate of drug-likeness (QED) is 0.806. The van der Waals surface area contributed by atoms with Gasteiger partial charge in [-0.1, -0.05) is 13.8 Å². The molecule has 2 aliphatic rings. The summed E-state index contributed by atoms with van der Waals surface area (Å²) in [6, 6.07) is 3.84. The van der Waals surface area contributed by atoms with E-state index in [1.807, 2.05) is 0 Å². The van der Waals surface area contributed by atoms with Crippen LogP contribution in [-0.2, 0) is 16.6 Å². The van der Waals surface area contributed by atoms with Crippen LogP contribution < -0.4 is 10.0 Å². The van der Waals surface area contributed by atoms with Crippen molar-refractivity contribution >= 4 is 10.0 Å². The van der Waals surface area contributed by atoms with E-state index >= 15 is 0 Å². The minimum absolute atomic E-state index is 0.0172. The van der Waals surface area contributed by atoms with Crippen LogP contribution in [-0.4, -0.2) is 21.0 Å². The molecule has 6 heteroatoms. The molecule has 2 saturated carbocycles. The van der Waals surface area contributed by atoms with Crippen LogP contribution in [0.5, 0.6) is 0 Å². The van der Waals surface area contributed by atoms with E-state index < -0.39 is 10.0 Å². The molecular weight excluding hydrogens is 276 g/mol. The molecule has 1 aromatic heterocycles. The van der Waals surface area contributed by atoms with Gasteiger partial charge in [-0.15, -0.1) is 0 Å². The van der Waals surface area contributed by atoms with Gasteiger partial charge in [-0.2, -0.15) is 0 Å². The summed E-state index contributed by atoms with van der Waals surface area (Å²) in [5, 5.41) is 3.32. The predicted octanol–water partition coefficient (Wildman–Crippen LogP) is 1.86. The van der Waals surface area contributed by atoms with Gasteiger partial charge in [-0.3, -0.25) is 0 Å². The molecule has 0 aliphatic heterocycles. The Morgan fingerprint density at radius 1 is 1.35 bits per heavy atom. The molecule has 2 aliphatic carbocycles. The number of sulfonamides is 1. The highest BCUT2D eigenvalue weighted by Crippen LogP contribution is 2.51. The molecule has 2 N–H and O–H groups in total. The number of hydrogen-bond donors (Lipinski definition) is 2. The normalized spacial score (nSPS) is 24.8. The van der Waals surface area contributed by atoms with E-state index in [1.54, 1.807) is 6.07 Å².